The Morgan fingerprint density at radius 2 is 1.81 bits per heavy atom. The van der Waals surface area contributed by atoms with Gasteiger partial charge in [0.25, 0.3) is 5.56 Å². The second kappa shape index (κ2) is 8.81. The lowest BCUT2D eigenvalue weighted by Gasteiger charge is -2.26. The lowest BCUT2D eigenvalue weighted by molar-refractivity contribution is -0.0761. The number of hydrogen-bond donors (Lipinski definition) is 7. The van der Waals surface area contributed by atoms with Crippen molar-refractivity contribution >= 4 is 23.5 Å². The van der Waals surface area contributed by atoms with Gasteiger partial charge in [-0.1, -0.05) is 5.92 Å². The third-order valence-electron chi connectivity index (χ3n) is 3.64. The maximum absolute atomic E-state index is 11.9. The van der Waals surface area contributed by atoms with Crippen molar-refractivity contribution in [1.82, 2.24) is 9.55 Å². The zero-order valence-electron chi connectivity index (χ0n) is 14.8. The molecule has 1 aliphatic heterocycles. The number of terminal acetylenes is 1. The Morgan fingerprint density at radius 1 is 1.19 bits per heavy atom. The molecule has 0 aromatic carbocycles. The fraction of sp³-hybridized carbons (Fsp3) is 0.455. The van der Waals surface area contributed by atoms with Gasteiger partial charge in [-0.2, -0.15) is 8.62 Å². The first-order valence-electron chi connectivity index (χ1n) is 7.63. The molecule has 1 aliphatic rings. The Kier molecular flexibility index (Phi) is 7.33. The molecule has 2 rings (SSSR count). The van der Waals surface area contributed by atoms with E-state index in [-0.39, 0.29) is 0 Å². The van der Waals surface area contributed by atoms with E-state index < -0.39 is 65.4 Å². The topological polar surface area (TPSA) is 264 Å². The predicted molar refractivity (Wildman–Crippen MR) is 94.8 cm³/mol. The lowest BCUT2D eigenvalue weighted by Crippen LogP contribution is -2.48. The number of aliphatic hydroxyl groups excluding tert-OH is 1. The molecule has 20 heteroatoms. The van der Waals surface area contributed by atoms with Gasteiger partial charge in [0.1, 0.15) is 12.2 Å². The summed E-state index contributed by atoms with van der Waals surface area (Å²) in [6.07, 6.45) is 0.460. The van der Waals surface area contributed by atoms with E-state index in [0.29, 0.717) is 4.57 Å². The number of ether oxygens (including phenoxy) is 1. The van der Waals surface area contributed by atoms with Crippen molar-refractivity contribution in [2.24, 2.45) is 0 Å². The number of aromatic amines is 1. The van der Waals surface area contributed by atoms with E-state index in [0.717, 1.165) is 12.3 Å². The van der Waals surface area contributed by atoms with E-state index in [9.17, 15) is 38.4 Å². The van der Waals surface area contributed by atoms with Crippen molar-refractivity contribution in [1.29, 1.82) is 0 Å². The second-order valence-electron chi connectivity index (χ2n) is 5.85. The minimum atomic E-state index is -5.78. The van der Waals surface area contributed by atoms with Gasteiger partial charge >= 0.3 is 29.2 Å². The van der Waals surface area contributed by atoms with Gasteiger partial charge in [0, 0.05) is 12.3 Å². The Balaban J connectivity index is 2.19. The molecule has 7 N–H and O–H groups in total. The third kappa shape index (κ3) is 6.28. The first-order chi connectivity index (χ1) is 14.0. The van der Waals surface area contributed by atoms with Gasteiger partial charge in [0.15, 0.2) is 11.8 Å². The molecule has 1 aromatic rings. The molecular weight excluding hydrogens is 493 g/mol. The van der Waals surface area contributed by atoms with Gasteiger partial charge in [-0.25, -0.2) is 18.5 Å². The highest BCUT2D eigenvalue weighted by molar-refractivity contribution is 7.66. The molecule has 0 radical (unpaired) electrons. The highest BCUT2D eigenvalue weighted by Gasteiger charge is 2.56. The molecule has 0 saturated carbocycles. The highest BCUT2D eigenvalue weighted by Crippen LogP contribution is 2.66. The Bertz CT molecular complexity index is 1130. The number of H-pyrrole nitrogens is 1. The van der Waals surface area contributed by atoms with E-state index in [4.69, 9.17) is 25.8 Å². The molecule has 1 aromatic heterocycles. The minimum Gasteiger partial charge on any atom is -0.386 e. The number of hydrogen-bond acceptors (Lipinski definition) is 11. The molecule has 17 nitrogen and oxygen atoms in total. The van der Waals surface area contributed by atoms with Crippen LogP contribution in [0.3, 0.4) is 0 Å². The number of nitrogens with one attached hydrogen (secondary N) is 1. The molecule has 2 heterocycles. The summed E-state index contributed by atoms with van der Waals surface area (Å²) in [6, 6.07) is 0.869. The first-order valence-corrected chi connectivity index (χ1v) is 12.2. The third-order valence-corrected chi connectivity index (χ3v) is 7.44. The summed E-state index contributed by atoms with van der Waals surface area (Å²) in [4.78, 5) is 60.4. The quantitative estimate of drug-likeness (QED) is 0.141. The summed E-state index contributed by atoms with van der Waals surface area (Å²) < 4.78 is 50.8. The van der Waals surface area contributed by atoms with E-state index in [1.54, 1.807) is 5.92 Å². The average Bonchev–Trinajstić information content (AvgIpc) is 2.82. The van der Waals surface area contributed by atoms with Crippen molar-refractivity contribution in [3.05, 3.63) is 33.1 Å². The van der Waals surface area contributed by atoms with Crippen LogP contribution in [0.25, 0.3) is 0 Å². The van der Waals surface area contributed by atoms with Crippen molar-refractivity contribution in [2.75, 3.05) is 6.61 Å². The Labute approximate surface area is 171 Å². The Hall–Kier alpha value is -1.47. The van der Waals surface area contributed by atoms with E-state index in [1.807, 2.05) is 4.98 Å². The van der Waals surface area contributed by atoms with Crippen LogP contribution in [0.15, 0.2) is 21.9 Å². The Morgan fingerprint density at radius 3 is 2.32 bits per heavy atom. The molecule has 1 fully saturated rings. The minimum absolute atomic E-state index is 0.606. The zero-order chi connectivity index (χ0) is 23.8. The predicted octanol–water partition coefficient (Wildman–Crippen LogP) is -2.50. The molecule has 31 heavy (non-hydrogen) atoms. The van der Waals surface area contributed by atoms with Gasteiger partial charge in [0.05, 0.1) is 6.61 Å². The van der Waals surface area contributed by atoms with Crippen LogP contribution in [0.2, 0.25) is 0 Å². The molecule has 1 saturated heterocycles. The molecular formula is C11H15N2O15P3. The monoisotopic (exact) mass is 508 g/mol. The standard InChI is InChI=1S/C11H15N2O15P3/c1-2-11(17)8(15)6(26-9(11)13-4-3-7(14)12-10(13)16)5-25-30(21,22)28-31(23,24)27-29(18,19)20/h1,3-4,6,8-9,15,17H,5H2,(H,21,22)(H,23,24)(H,12,14,16)(H2,18,19,20)/t6-,8-,9+,11+/m1/s1. The summed E-state index contributed by atoms with van der Waals surface area (Å²) in [7, 11) is -16.9. The van der Waals surface area contributed by atoms with Crippen molar-refractivity contribution < 1.29 is 61.4 Å². The fourth-order valence-electron chi connectivity index (χ4n) is 2.42. The molecule has 2 unspecified atom stereocenters. The number of nitrogens with zero attached hydrogens (tertiary/aromatic N) is 1. The van der Waals surface area contributed by atoms with Crippen molar-refractivity contribution in [3.8, 4) is 12.3 Å². The van der Waals surface area contributed by atoms with Gasteiger partial charge in [-0.3, -0.25) is 18.9 Å². The normalized spacial score (nSPS) is 30.3. The summed E-state index contributed by atoms with van der Waals surface area (Å²) in [5.74, 6) is 1.79. The van der Waals surface area contributed by atoms with Crippen LogP contribution in [0.1, 0.15) is 6.23 Å². The molecule has 6 atom stereocenters. The van der Waals surface area contributed by atoms with Gasteiger partial charge in [-0.05, 0) is 0 Å². The van der Waals surface area contributed by atoms with E-state index in [1.165, 1.54) is 0 Å². The van der Waals surface area contributed by atoms with Crippen LogP contribution in [-0.2, 0) is 31.6 Å². The summed E-state index contributed by atoms with van der Waals surface area (Å²) in [5.41, 5.74) is -4.49. The van der Waals surface area contributed by atoms with Crippen LogP contribution in [0, 0.1) is 12.3 Å². The van der Waals surface area contributed by atoms with Crippen LogP contribution in [0.4, 0.5) is 0 Å². The molecule has 0 amide bonds. The summed E-state index contributed by atoms with van der Waals surface area (Å²) in [5, 5.41) is 20.8. The van der Waals surface area contributed by atoms with Gasteiger partial charge < -0.3 is 34.5 Å². The number of phosphoric acid groups is 3. The van der Waals surface area contributed by atoms with Gasteiger partial charge in [-0.15, -0.1) is 6.42 Å². The molecule has 0 spiro atoms. The SMILES string of the molecule is C#C[C@]1(O)[C@H](O)[C@@H](COP(=O)(O)OP(=O)(O)OP(=O)(O)O)O[C@@H]1n1ccc(=O)[nH]c1=O. The fourth-order valence-corrected chi connectivity index (χ4v) is 5.45. The van der Waals surface area contributed by atoms with Gasteiger partial charge in [0.2, 0.25) is 0 Å². The number of phosphoric ester groups is 1. The number of aromatic nitrogens is 2. The summed E-state index contributed by atoms with van der Waals surface area (Å²) >= 11 is 0. The van der Waals surface area contributed by atoms with Crippen LogP contribution in [0.5, 0.6) is 0 Å². The largest absolute Gasteiger partial charge is 0.490 e. The highest BCUT2D eigenvalue weighted by atomic mass is 31.3. The van der Waals surface area contributed by atoms with E-state index >= 15 is 0 Å². The van der Waals surface area contributed by atoms with Crippen molar-refractivity contribution in [2.45, 2.75) is 24.0 Å². The maximum atomic E-state index is 11.9. The number of aliphatic hydroxyl groups is 2. The summed E-state index contributed by atoms with van der Waals surface area (Å²) in [6.45, 7) is -1.15. The zero-order valence-corrected chi connectivity index (χ0v) is 17.5. The molecule has 0 bridgehead atoms. The maximum Gasteiger partial charge on any atom is 0.490 e. The smallest absolute Gasteiger partial charge is 0.386 e. The number of rotatable bonds is 8. The lowest BCUT2D eigenvalue weighted by atomic mass is 9.95. The molecule has 174 valence electrons. The molecule has 0 aliphatic carbocycles. The van der Waals surface area contributed by atoms with Crippen LogP contribution >= 0.6 is 23.5 Å². The van der Waals surface area contributed by atoms with Crippen LogP contribution in [-0.4, -0.2) is 63.8 Å². The van der Waals surface area contributed by atoms with Crippen molar-refractivity contribution in [3.63, 3.8) is 0 Å². The second-order valence-corrected chi connectivity index (χ2v) is 10.3. The van der Waals surface area contributed by atoms with Crippen LogP contribution < -0.4 is 11.2 Å². The van der Waals surface area contributed by atoms with E-state index in [2.05, 4.69) is 13.1 Å². The average molecular weight is 508 g/mol. The first kappa shape index (κ1) is 25.8.